The molecule has 1 saturated carbocycles. The summed E-state index contributed by atoms with van der Waals surface area (Å²) < 4.78 is 0. The Morgan fingerprint density at radius 3 is 2.42 bits per heavy atom. The van der Waals surface area contributed by atoms with E-state index >= 15 is 0 Å². The second-order valence-corrected chi connectivity index (χ2v) is 4.29. The summed E-state index contributed by atoms with van der Waals surface area (Å²) in [7, 11) is 0. The first kappa shape index (κ1) is 8.52. The van der Waals surface area contributed by atoms with E-state index in [-0.39, 0.29) is 6.10 Å². The average molecular weight is 169 g/mol. The molecular weight excluding hydrogens is 150 g/mol. The molecule has 0 bridgehead atoms. The van der Waals surface area contributed by atoms with E-state index < -0.39 is 0 Å². The number of rotatable bonds is 3. The quantitative estimate of drug-likeness (QED) is 0.667. The standard InChI is InChI=1S/C10H19NO/c12-10(7-9-5-6-11-9)8-3-1-2-4-8/h8-12H,1-7H2. The maximum atomic E-state index is 9.84. The van der Waals surface area contributed by atoms with Gasteiger partial charge in [-0.15, -0.1) is 0 Å². The van der Waals surface area contributed by atoms with Crippen LogP contribution in [0.15, 0.2) is 0 Å². The third-order valence-corrected chi connectivity index (χ3v) is 3.40. The highest BCUT2D eigenvalue weighted by molar-refractivity contribution is 4.84. The molecule has 0 aromatic carbocycles. The van der Waals surface area contributed by atoms with Crippen molar-refractivity contribution in [2.24, 2.45) is 5.92 Å². The second-order valence-electron chi connectivity index (χ2n) is 4.29. The van der Waals surface area contributed by atoms with E-state index in [9.17, 15) is 5.11 Å². The van der Waals surface area contributed by atoms with Gasteiger partial charge in [-0.05, 0) is 38.1 Å². The molecule has 2 unspecified atom stereocenters. The fraction of sp³-hybridized carbons (Fsp3) is 1.00. The van der Waals surface area contributed by atoms with Gasteiger partial charge >= 0.3 is 0 Å². The molecule has 2 fully saturated rings. The number of aliphatic hydroxyl groups excluding tert-OH is 1. The van der Waals surface area contributed by atoms with Gasteiger partial charge in [0.05, 0.1) is 6.10 Å². The number of hydrogen-bond donors (Lipinski definition) is 2. The van der Waals surface area contributed by atoms with Gasteiger partial charge in [-0.1, -0.05) is 12.8 Å². The molecule has 2 N–H and O–H groups in total. The van der Waals surface area contributed by atoms with E-state index in [4.69, 9.17) is 0 Å². The highest BCUT2D eigenvalue weighted by Gasteiger charge is 2.27. The van der Waals surface area contributed by atoms with Crippen LogP contribution in [0.2, 0.25) is 0 Å². The zero-order chi connectivity index (χ0) is 8.39. The van der Waals surface area contributed by atoms with Gasteiger partial charge in [0.1, 0.15) is 0 Å². The van der Waals surface area contributed by atoms with E-state index in [1.807, 2.05) is 0 Å². The van der Waals surface area contributed by atoms with Crippen LogP contribution in [0.1, 0.15) is 38.5 Å². The molecule has 1 aliphatic heterocycles. The van der Waals surface area contributed by atoms with Crippen LogP contribution < -0.4 is 5.32 Å². The van der Waals surface area contributed by atoms with Gasteiger partial charge in [-0.2, -0.15) is 0 Å². The van der Waals surface area contributed by atoms with Crippen LogP contribution in [0.3, 0.4) is 0 Å². The first-order valence-electron chi connectivity index (χ1n) is 5.28. The Bertz CT molecular complexity index is 139. The highest BCUT2D eigenvalue weighted by Crippen LogP contribution is 2.30. The summed E-state index contributed by atoms with van der Waals surface area (Å²) in [5, 5.41) is 13.2. The van der Waals surface area contributed by atoms with Gasteiger partial charge in [-0.25, -0.2) is 0 Å². The number of hydrogen-bond acceptors (Lipinski definition) is 2. The molecule has 1 aliphatic carbocycles. The molecule has 0 spiro atoms. The van der Waals surface area contributed by atoms with Gasteiger partial charge in [0, 0.05) is 6.04 Å². The lowest BCUT2D eigenvalue weighted by Crippen LogP contribution is -2.45. The Balaban J connectivity index is 1.71. The summed E-state index contributed by atoms with van der Waals surface area (Å²) >= 11 is 0. The van der Waals surface area contributed by atoms with Crippen molar-refractivity contribution in [2.75, 3.05) is 6.54 Å². The lowest BCUT2D eigenvalue weighted by atomic mass is 9.91. The minimum absolute atomic E-state index is 0.0229. The van der Waals surface area contributed by atoms with E-state index in [0.717, 1.165) is 13.0 Å². The van der Waals surface area contributed by atoms with Crippen LogP contribution in [0.25, 0.3) is 0 Å². The molecule has 0 aromatic rings. The van der Waals surface area contributed by atoms with E-state index in [0.29, 0.717) is 12.0 Å². The summed E-state index contributed by atoms with van der Waals surface area (Å²) in [6, 6.07) is 0.626. The Kier molecular flexibility index (Phi) is 2.66. The summed E-state index contributed by atoms with van der Waals surface area (Å²) in [6.07, 6.45) is 7.42. The smallest absolute Gasteiger partial charge is 0.0583 e. The predicted molar refractivity (Wildman–Crippen MR) is 49.0 cm³/mol. The van der Waals surface area contributed by atoms with Crippen LogP contribution in [0.5, 0.6) is 0 Å². The van der Waals surface area contributed by atoms with Gasteiger partial charge in [0.15, 0.2) is 0 Å². The highest BCUT2D eigenvalue weighted by atomic mass is 16.3. The van der Waals surface area contributed by atoms with Crippen molar-refractivity contribution in [3.8, 4) is 0 Å². The van der Waals surface area contributed by atoms with Crippen molar-refractivity contribution in [3.05, 3.63) is 0 Å². The lowest BCUT2D eigenvalue weighted by molar-refractivity contribution is 0.0806. The van der Waals surface area contributed by atoms with E-state index in [1.54, 1.807) is 0 Å². The van der Waals surface area contributed by atoms with Crippen LogP contribution in [0, 0.1) is 5.92 Å². The lowest BCUT2D eigenvalue weighted by Gasteiger charge is -2.31. The Hall–Kier alpha value is -0.0800. The molecule has 2 aliphatic rings. The summed E-state index contributed by atoms with van der Waals surface area (Å²) in [6.45, 7) is 1.15. The molecule has 70 valence electrons. The monoisotopic (exact) mass is 169 g/mol. The Morgan fingerprint density at radius 1 is 1.25 bits per heavy atom. The van der Waals surface area contributed by atoms with E-state index in [2.05, 4.69) is 5.32 Å². The predicted octanol–water partition coefficient (Wildman–Crippen LogP) is 1.29. The van der Waals surface area contributed by atoms with Crippen molar-refractivity contribution in [2.45, 2.75) is 50.7 Å². The Labute approximate surface area is 74.4 Å². The zero-order valence-corrected chi connectivity index (χ0v) is 7.63. The molecule has 2 nitrogen and oxygen atoms in total. The normalized spacial score (nSPS) is 33.2. The first-order chi connectivity index (χ1) is 5.86. The number of aliphatic hydroxyl groups is 1. The fourth-order valence-corrected chi connectivity index (χ4v) is 2.38. The van der Waals surface area contributed by atoms with Crippen molar-refractivity contribution in [1.82, 2.24) is 5.32 Å². The summed E-state index contributed by atoms with van der Waals surface area (Å²) in [5.74, 6) is 0.618. The zero-order valence-electron chi connectivity index (χ0n) is 7.63. The third-order valence-electron chi connectivity index (χ3n) is 3.40. The largest absolute Gasteiger partial charge is 0.393 e. The maximum Gasteiger partial charge on any atom is 0.0583 e. The van der Waals surface area contributed by atoms with Crippen LogP contribution in [-0.2, 0) is 0 Å². The minimum Gasteiger partial charge on any atom is -0.393 e. The average Bonchev–Trinajstić information content (AvgIpc) is 2.47. The molecule has 1 saturated heterocycles. The molecular formula is C10H19NO. The van der Waals surface area contributed by atoms with Crippen LogP contribution in [-0.4, -0.2) is 23.8 Å². The molecule has 0 aromatic heterocycles. The molecule has 0 amide bonds. The second kappa shape index (κ2) is 3.75. The maximum absolute atomic E-state index is 9.84. The first-order valence-corrected chi connectivity index (χ1v) is 5.28. The minimum atomic E-state index is -0.0229. The van der Waals surface area contributed by atoms with Crippen molar-refractivity contribution < 1.29 is 5.11 Å². The fourth-order valence-electron chi connectivity index (χ4n) is 2.38. The summed E-state index contributed by atoms with van der Waals surface area (Å²) in [5.41, 5.74) is 0. The Morgan fingerprint density at radius 2 is 1.92 bits per heavy atom. The molecule has 2 atom stereocenters. The van der Waals surface area contributed by atoms with Crippen molar-refractivity contribution >= 4 is 0 Å². The SMILES string of the molecule is OC(CC1CCN1)C1CCCC1. The molecule has 12 heavy (non-hydrogen) atoms. The van der Waals surface area contributed by atoms with Gasteiger partial charge in [0.25, 0.3) is 0 Å². The molecule has 2 heteroatoms. The van der Waals surface area contributed by atoms with Crippen LogP contribution >= 0.6 is 0 Å². The van der Waals surface area contributed by atoms with E-state index in [1.165, 1.54) is 32.1 Å². The third kappa shape index (κ3) is 1.80. The number of nitrogens with one attached hydrogen (secondary N) is 1. The van der Waals surface area contributed by atoms with Gasteiger partial charge < -0.3 is 10.4 Å². The molecule has 1 heterocycles. The van der Waals surface area contributed by atoms with Gasteiger partial charge in [0.2, 0.25) is 0 Å². The topological polar surface area (TPSA) is 32.3 Å². The molecule has 0 radical (unpaired) electrons. The molecule has 2 rings (SSSR count). The van der Waals surface area contributed by atoms with Crippen molar-refractivity contribution in [1.29, 1.82) is 0 Å². The van der Waals surface area contributed by atoms with Gasteiger partial charge in [-0.3, -0.25) is 0 Å². The van der Waals surface area contributed by atoms with Crippen molar-refractivity contribution in [3.63, 3.8) is 0 Å². The van der Waals surface area contributed by atoms with Crippen LogP contribution in [0.4, 0.5) is 0 Å². The summed E-state index contributed by atoms with van der Waals surface area (Å²) in [4.78, 5) is 0.